The van der Waals surface area contributed by atoms with Crippen LogP contribution < -0.4 is 0 Å². The topological polar surface area (TPSA) is 49.7 Å². The smallest absolute Gasteiger partial charge is 0.303 e. The minimum Gasteiger partial charge on any atom is -0.481 e. The number of hydrogen-bond acceptors (Lipinski definition) is 2. The van der Waals surface area contributed by atoms with Crippen molar-refractivity contribution in [2.45, 2.75) is 38.5 Å². The zero-order chi connectivity index (χ0) is 21.1. The van der Waals surface area contributed by atoms with Crippen LogP contribution in [-0.2, 0) is 17.6 Å². The molecular weight excluding hydrogens is 429 g/mol. The predicted octanol–water partition coefficient (Wildman–Crippen LogP) is 7.29. The highest BCUT2D eigenvalue weighted by atomic mass is 35.5. The summed E-state index contributed by atoms with van der Waals surface area (Å²) in [5.41, 5.74) is 4.60. The number of carboxylic acid groups (broad SMARTS) is 1. The lowest BCUT2D eigenvalue weighted by molar-refractivity contribution is -0.137. The molecule has 1 N–H and O–H groups in total. The quantitative estimate of drug-likeness (QED) is 0.450. The van der Waals surface area contributed by atoms with Gasteiger partial charge in [0.25, 0.3) is 0 Å². The van der Waals surface area contributed by atoms with Gasteiger partial charge in [-0.2, -0.15) is 0 Å². The Morgan fingerprint density at radius 3 is 2.59 bits per heavy atom. The highest BCUT2D eigenvalue weighted by molar-refractivity contribution is 6.36. The van der Waals surface area contributed by atoms with Crippen LogP contribution in [0.1, 0.15) is 42.4 Å². The Kier molecular flexibility index (Phi) is 7.05. The molecule has 2 unspecified atom stereocenters. The average Bonchev–Trinajstić information content (AvgIpc) is 2.66. The molecular formula is C23H22Cl3NO2. The van der Waals surface area contributed by atoms with Crippen LogP contribution in [0, 0.1) is 5.92 Å². The van der Waals surface area contributed by atoms with Gasteiger partial charge in [0.1, 0.15) is 0 Å². The van der Waals surface area contributed by atoms with Gasteiger partial charge in [-0.25, -0.2) is 0 Å². The molecule has 2 atom stereocenters. The molecule has 29 heavy (non-hydrogen) atoms. The molecule has 0 bridgehead atoms. The molecule has 0 fully saturated rings. The number of fused-ring (bicyclic) bond motifs is 1. The van der Waals surface area contributed by atoms with Gasteiger partial charge < -0.3 is 5.11 Å². The molecule has 3 rings (SSSR count). The maximum absolute atomic E-state index is 11.5. The summed E-state index contributed by atoms with van der Waals surface area (Å²) in [5.74, 6) is -0.876. The standard InChI is InChI=1S/C23H22Cl3NO2/c1-3-4-17-19(25)12-20(26)18-9-13(2)21(27-23(17)18)10-15(11-22(28)29)14-5-7-16(24)8-6-14/h3,5-8,12-13,15H,1,4,9-11H2,2H3,(H,28,29). The Hall–Kier alpha value is -1.81. The van der Waals surface area contributed by atoms with E-state index in [9.17, 15) is 9.90 Å². The van der Waals surface area contributed by atoms with Crippen molar-refractivity contribution in [3.63, 3.8) is 0 Å². The normalized spacial score (nSPS) is 16.7. The molecule has 3 nitrogen and oxygen atoms in total. The van der Waals surface area contributed by atoms with Crippen molar-refractivity contribution in [2.75, 3.05) is 0 Å². The number of nitrogens with zero attached hydrogens (tertiary/aromatic N) is 1. The van der Waals surface area contributed by atoms with E-state index in [2.05, 4.69) is 13.5 Å². The number of hydrogen-bond donors (Lipinski definition) is 1. The van der Waals surface area contributed by atoms with Crippen LogP contribution in [0.15, 0.2) is 48.0 Å². The SMILES string of the molecule is C=CCc1c(Cl)cc(Cl)c2c1N=C(CC(CC(=O)O)c1ccc(Cl)cc1)C(C)C2. The second-order valence-corrected chi connectivity index (χ2v) is 8.65. The fourth-order valence-corrected chi connectivity index (χ4v) is 4.53. The van der Waals surface area contributed by atoms with E-state index < -0.39 is 5.97 Å². The number of halogens is 3. The third kappa shape index (κ3) is 5.03. The molecule has 6 heteroatoms. The number of rotatable bonds is 7. The van der Waals surface area contributed by atoms with Gasteiger partial charge in [0, 0.05) is 26.3 Å². The number of benzene rings is 2. The Morgan fingerprint density at radius 1 is 1.28 bits per heavy atom. The Balaban J connectivity index is 2.02. The first-order chi connectivity index (χ1) is 13.8. The van der Waals surface area contributed by atoms with Gasteiger partial charge in [-0.05, 0) is 60.4 Å². The summed E-state index contributed by atoms with van der Waals surface area (Å²) in [6.45, 7) is 5.91. The van der Waals surface area contributed by atoms with Gasteiger partial charge in [-0.15, -0.1) is 6.58 Å². The Bertz CT molecular complexity index is 967. The van der Waals surface area contributed by atoms with Gasteiger partial charge >= 0.3 is 5.97 Å². The highest BCUT2D eigenvalue weighted by Gasteiger charge is 2.28. The van der Waals surface area contributed by atoms with E-state index in [0.717, 1.165) is 34.5 Å². The zero-order valence-electron chi connectivity index (χ0n) is 16.1. The van der Waals surface area contributed by atoms with E-state index in [4.69, 9.17) is 39.8 Å². The average molecular weight is 451 g/mol. The van der Waals surface area contributed by atoms with Gasteiger partial charge in [-0.3, -0.25) is 9.79 Å². The van der Waals surface area contributed by atoms with Crippen LogP contribution in [0.2, 0.25) is 15.1 Å². The molecule has 2 aromatic rings. The number of aliphatic imine (C=N–C) groups is 1. The summed E-state index contributed by atoms with van der Waals surface area (Å²) >= 11 is 18.9. The summed E-state index contributed by atoms with van der Waals surface area (Å²) in [5, 5.41) is 11.2. The molecule has 152 valence electrons. The van der Waals surface area contributed by atoms with Crippen LogP contribution in [-0.4, -0.2) is 16.8 Å². The largest absolute Gasteiger partial charge is 0.481 e. The third-order valence-corrected chi connectivity index (χ3v) is 6.23. The van der Waals surface area contributed by atoms with Crippen LogP contribution >= 0.6 is 34.8 Å². The van der Waals surface area contributed by atoms with Gasteiger partial charge in [0.2, 0.25) is 0 Å². The highest BCUT2D eigenvalue weighted by Crippen LogP contribution is 2.42. The van der Waals surface area contributed by atoms with E-state index in [0.29, 0.717) is 27.9 Å². The van der Waals surface area contributed by atoms with E-state index in [1.54, 1.807) is 24.3 Å². The second kappa shape index (κ2) is 9.34. The van der Waals surface area contributed by atoms with Crippen molar-refractivity contribution in [1.29, 1.82) is 0 Å². The zero-order valence-corrected chi connectivity index (χ0v) is 18.4. The number of allylic oxidation sites excluding steroid dienone is 1. The van der Waals surface area contributed by atoms with Crippen molar-refractivity contribution in [2.24, 2.45) is 10.9 Å². The summed E-state index contributed by atoms with van der Waals surface area (Å²) in [6.07, 6.45) is 3.71. The fraction of sp³-hybridized carbons (Fsp3) is 0.304. The van der Waals surface area contributed by atoms with Crippen LogP contribution in [0.5, 0.6) is 0 Å². The van der Waals surface area contributed by atoms with Gasteiger partial charge in [-0.1, -0.05) is 59.9 Å². The fourth-order valence-electron chi connectivity index (χ4n) is 3.79. The van der Waals surface area contributed by atoms with E-state index in [1.807, 2.05) is 12.1 Å². The van der Waals surface area contributed by atoms with Crippen molar-refractivity contribution in [3.8, 4) is 0 Å². The van der Waals surface area contributed by atoms with E-state index >= 15 is 0 Å². The lowest BCUT2D eigenvalue weighted by Gasteiger charge is -2.27. The summed E-state index contributed by atoms with van der Waals surface area (Å²) in [6, 6.07) is 9.11. The molecule has 0 amide bonds. The number of aliphatic carboxylic acids is 1. The molecule has 0 aliphatic carbocycles. The van der Waals surface area contributed by atoms with Gasteiger partial charge in [0.15, 0.2) is 0 Å². The first kappa shape index (κ1) is 21.9. The predicted molar refractivity (Wildman–Crippen MR) is 121 cm³/mol. The first-order valence-electron chi connectivity index (χ1n) is 9.45. The van der Waals surface area contributed by atoms with E-state index in [-0.39, 0.29) is 18.3 Å². The molecule has 0 aromatic heterocycles. The van der Waals surface area contributed by atoms with Crippen LogP contribution in [0.3, 0.4) is 0 Å². The van der Waals surface area contributed by atoms with E-state index in [1.165, 1.54) is 0 Å². The van der Waals surface area contributed by atoms with Crippen LogP contribution in [0.25, 0.3) is 0 Å². The molecule has 0 spiro atoms. The molecule has 0 saturated heterocycles. The minimum absolute atomic E-state index is 0.0239. The maximum atomic E-state index is 11.5. The molecule has 0 radical (unpaired) electrons. The number of carbonyl (C=O) groups is 1. The molecule has 1 aliphatic heterocycles. The van der Waals surface area contributed by atoms with Crippen molar-refractivity contribution >= 4 is 52.2 Å². The van der Waals surface area contributed by atoms with Gasteiger partial charge in [0.05, 0.1) is 12.1 Å². The number of carboxylic acids is 1. The van der Waals surface area contributed by atoms with Crippen molar-refractivity contribution in [1.82, 2.24) is 0 Å². The van der Waals surface area contributed by atoms with Crippen molar-refractivity contribution in [3.05, 3.63) is 74.7 Å². The lowest BCUT2D eigenvalue weighted by Crippen LogP contribution is -2.22. The molecule has 1 heterocycles. The summed E-state index contributed by atoms with van der Waals surface area (Å²) < 4.78 is 0. The maximum Gasteiger partial charge on any atom is 0.303 e. The first-order valence-corrected chi connectivity index (χ1v) is 10.6. The Labute approximate surface area is 186 Å². The summed E-state index contributed by atoms with van der Waals surface area (Å²) in [4.78, 5) is 16.4. The molecule has 2 aromatic carbocycles. The monoisotopic (exact) mass is 449 g/mol. The molecule has 1 aliphatic rings. The Morgan fingerprint density at radius 2 is 1.97 bits per heavy atom. The second-order valence-electron chi connectivity index (χ2n) is 7.40. The lowest BCUT2D eigenvalue weighted by atomic mass is 9.83. The summed E-state index contributed by atoms with van der Waals surface area (Å²) in [7, 11) is 0. The minimum atomic E-state index is -0.840. The van der Waals surface area contributed by atoms with Crippen LogP contribution in [0.4, 0.5) is 5.69 Å². The third-order valence-electron chi connectivity index (χ3n) is 5.30. The van der Waals surface area contributed by atoms with Crippen molar-refractivity contribution < 1.29 is 9.90 Å². The molecule has 0 saturated carbocycles.